The number of carbonyl (C=O) groups excluding carboxylic acids is 2. The number of rotatable bonds is 4. The first-order chi connectivity index (χ1) is 14.0. The van der Waals surface area contributed by atoms with Crippen molar-refractivity contribution in [1.82, 2.24) is 19.6 Å². The minimum atomic E-state index is 0.0921. The SMILES string of the molecule is CCN1CCCn2nc(C3CCN(C(=O)Cc4cccc(C)c4)CC3)cc2C1=O. The van der Waals surface area contributed by atoms with Crippen LogP contribution in [-0.2, 0) is 17.8 Å². The van der Waals surface area contributed by atoms with Crippen molar-refractivity contribution in [3.05, 3.63) is 52.8 Å². The summed E-state index contributed by atoms with van der Waals surface area (Å²) in [5, 5.41) is 4.77. The van der Waals surface area contributed by atoms with Crippen molar-refractivity contribution < 1.29 is 9.59 Å². The van der Waals surface area contributed by atoms with E-state index in [1.807, 2.05) is 39.6 Å². The molecule has 0 unspecified atom stereocenters. The summed E-state index contributed by atoms with van der Waals surface area (Å²) >= 11 is 0. The molecule has 2 amide bonds. The van der Waals surface area contributed by atoms with Crippen LogP contribution in [0.5, 0.6) is 0 Å². The van der Waals surface area contributed by atoms with Gasteiger partial charge in [0.25, 0.3) is 5.91 Å². The van der Waals surface area contributed by atoms with E-state index in [4.69, 9.17) is 5.10 Å². The lowest BCUT2D eigenvalue weighted by atomic mass is 9.93. The lowest BCUT2D eigenvalue weighted by Crippen LogP contribution is -2.38. The molecule has 3 heterocycles. The number of hydrogen-bond acceptors (Lipinski definition) is 3. The van der Waals surface area contributed by atoms with Crippen molar-refractivity contribution in [2.75, 3.05) is 26.2 Å². The molecule has 29 heavy (non-hydrogen) atoms. The maximum Gasteiger partial charge on any atom is 0.272 e. The van der Waals surface area contributed by atoms with Gasteiger partial charge in [0.15, 0.2) is 0 Å². The Morgan fingerprint density at radius 1 is 1.14 bits per heavy atom. The van der Waals surface area contributed by atoms with E-state index in [1.54, 1.807) is 0 Å². The molecule has 0 N–H and O–H groups in total. The monoisotopic (exact) mass is 394 g/mol. The first kappa shape index (κ1) is 19.7. The Bertz CT molecular complexity index is 896. The molecule has 0 bridgehead atoms. The fourth-order valence-electron chi connectivity index (χ4n) is 4.49. The second-order valence-corrected chi connectivity index (χ2v) is 8.24. The number of aryl methyl sites for hydroxylation is 2. The second kappa shape index (κ2) is 8.39. The van der Waals surface area contributed by atoms with Crippen molar-refractivity contribution in [2.24, 2.45) is 0 Å². The molecule has 1 saturated heterocycles. The van der Waals surface area contributed by atoms with E-state index < -0.39 is 0 Å². The molecule has 154 valence electrons. The highest BCUT2D eigenvalue weighted by Gasteiger charge is 2.29. The van der Waals surface area contributed by atoms with Gasteiger partial charge in [0.2, 0.25) is 5.91 Å². The fraction of sp³-hybridized carbons (Fsp3) is 0.522. The van der Waals surface area contributed by atoms with Gasteiger partial charge in [-0.05, 0) is 44.7 Å². The van der Waals surface area contributed by atoms with Gasteiger partial charge >= 0.3 is 0 Å². The molecule has 0 aliphatic carbocycles. The molecule has 1 aromatic carbocycles. The maximum atomic E-state index is 12.7. The number of nitrogens with zero attached hydrogens (tertiary/aromatic N) is 4. The van der Waals surface area contributed by atoms with Crippen molar-refractivity contribution in [3.63, 3.8) is 0 Å². The minimum Gasteiger partial charge on any atom is -0.342 e. The van der Waals surface area contributed by atoms with Crippen LogP contribution in [0.3, 0.4) is 0 Å². The average molecular weight is 395 g/mol. The third-order valence-electron chi connectivity index (χ3n) is 6.19. The average Bonchev–Trinajstić information content (AvgIpc) is 3.09. The molecule has 0 radical (unpaired) electrons. The lowest BCUT2D eigenvalue weighted by molar-refractivity contribution is -0.131. The van der Waals surface area contributed by atoms with Gasteiger partial charge in [-0.3, -0.25) is 14.3 Å². The van der Waals surface area contributed by atoms with E-state index in [-0.39, 0.29) is 11.8 Å². The molecule has 2 aliphatic rings. The summed E-state index contributed by atoms with van der Waals surface area (Å²) in [6, 6.07) is 10.2. The maximum absolute atomic E-state index is 12.7. The standard InChI is InChI=1S/C23H30N4O2/c1-3-25-10-5-11-27-21(23(25)29)16-20(24-27)19-8-12-26(13-9-19)22(28)15-18-7-4-6-17(2)14-18/h4,6-7,14,16,19H,3,5,8-13,15H2,1-2H3. The van der Waals surface area contributed by atoms with Crippen molar-refractivity contribution in [1.29, 1.82) is 0 Å². The zero-order valence-corrected chi connectivity index (χ0v) is 17.4. The van der Waals surface area contributed by atoms with Crippen LogP contribution >= 0.6 is 0 Å². The molecule has 6 nitrogen and oxygen atoms in total. The van der Waals surface area contributed by atoms with Gasteiger partial charge in [0.1, 0.15) is 5.69 Å². The van der Waals surface area contributed by atoms with Gasteiger partial charge in [-0.25, -0.2) is 0 Å². The third-order valence-corrected chi connectivity index (χ3v) is 6.19. The molecule has 4 rings (SSSR count). The van der Waals surface area contributed by atoms with E-state index >= 15 is 0 Å². The van der Waals surface area contributed by atoms with Gasteiger partial charge in [-0.2, -0.15) is 5.10 Å². The fourth-order valence-corrected chi connectivity index (χ4v) is 4.49. The highest BCUT2D eigenvalue weighted by atomic mass is 16.2. The Kier molecular flexibility index (Phi) is 5.69. The number of benzene rings is 1. The Hall–Kier alpha value is -2.63. The van der Waals surface area contributed by atoms with Gasteiger partial charge in [0, 0.05) is 38.6 Å². The summed E-state index contributed by atoms with van der Waals surface area (Å²) in [6.07, 6.45) is 3.22. The summed E-state index contributed by atoms with van der Waals surface area (Å²) in [5.41, 5.74) is 3.99. The van der Waals surface area contributed by atoms with Crippen molar-refractivity contribution in [3.8, 4) is 0 Å². The number of piperidine rings is 1. The van der Waals surface area contributed by atoms with E-state index in [0.29, 0.717) is 12.3 Å². The van der Waals surface area contributed by atoms with E-state index in [0.717, 1.165) is 68.9 Å². The molecular weight excluding hydrogens is 364 g/mol. The molecule has 2 aliphatic heterocycles. The first-order valence-electron chi connectivity index (χ1n) is 10.8. The normalized spacial score (nSPS) is 17.9. The highest BCUT2D eigenvalue weighted by Crippen LogP contribution is 2.29. The quantitative estimate of drug-likeness (QED) is 0.801. The first-order valence-corrected chi connectivity index (χ1v) is 10.8. The number of amides is 2. The van der Waals surface area contributed by atoms with Crippen LogP contribution in [0.1, 0.15) is 59.4 Å². The van der Waals surface area contributed by atoms with Crippen molar-refractivity contribution in [2.45, 2.75) is 52.0 Å². The zero-order chi connectivity index (χ0) is 20.4. The second-order valence-electron chi connectivity index (χ2n) is 8.24. The largest absolute Gasteiger partial charge is 0.342 e. The van der Waals surface area contributed by atoms with Gasteiger partial charge in [-0.1, -0.05) is 29.8 Å². The number of likely N-dealkylation sites (tertiary alicyclic amines) is 1. The molecule has 6 heteroatoms. The number of fused-ring (bicyclic) bond motifs is 1. The summed E-state index contributed by atoms with van der Waals surface area (Å²) in [4.78, 5) is 29.3. The molecule has 2 aromatic rings. The molecule has 0 atom stereocenters. The van der Waals surface area contributed by atoms with Crippen molar-refractivity contribution >= 4 is 11.8 Å². The number of hydrogen-bond donors (Lipinski definition) is 0. The number of carbonyl (C=O) groups is 2. The Labute approximate surface area is 172 Å². The summed E-state index contributed by atoms with van der Waals surface area (Å²) < 4.78 is 1.89. The highest BCUT2D eigenvalue weighted by molar-refractivity contribution is 5.93. The Balaban J connectivity index is 1.38. The van der Waals surface area contributed by atoms with E-state index in [2.05, 4.69) is 19.1 Å². The topological polar surface area (TPSA) is 58.4 Å². The van der Waals surface area contributed by atoms with E-state index in [9.17, 15) is 9.59 Å². The third kappa shape index (κ3) is 4.21. The number of aromatic nitrogens is 2. The minimum absolute atomic E-state index is 0.0921. The van der Waals surface area contributed by atoms with Crippen LogP contribution in [0.15, 0.2) is 30.3 Å². The van der Waals surface area contributed by atoms with Crippen LogP contribution < -0.4 is 0 Å². The predicted molar refractivity (Wildman–Crippen MR) is 112 cm³/mol. The van der Waals surface area contributed by atoms with Crippen LogP contribution in [0.25, 0.3) is 0 Å². The molecule has 1 fully saturated rings. The molecule has 0 spiro atoms. The Morgan fingerprint density at radius 2 is 1.93 bits per heavy atom. The zero-order valence-electron chi connectivity index (χ0n) is 17.4. The van der Waals surface area contributed by atoms with Crippen LogP contribution in [0.4, 0.5) is 0 Å². The smallest absolute Gasteiger partial charge is 0.272 e. The molecule has 1 aromatic heterocycles. The van der Waals surface area contributed by atoms with Gasteiger partial charge < -0.3 is 9.80 Å². The summed E-state index contributed by atoms with van der Waals surface area (Å²) in [6.45, 7) is 7.92. The summed E-state index contributed by atoms with van der Waals surface area (Å²) in [7, 11) is 0. The van der Waals surface area contributed by atoms with Gasteiger partial charge in [-0.15, -0.1) is 0 Å². The van der Waals surface area contributed by atoms with Crippen LogP contribution in [0, 0.1) is 6.92 Å². The molecule has 0 saturated carbocycles. The summed E-state index contributed by atoms with van der Waals surface area (Å²) in [5.74, 6) is 0.610. The lowest BCUT2D eigenvalue weighted by Gasteiger charge is -2.31. The molecular formula is C23H30N4O2. The predicted octanol–water partition coefficient (Wildman–Crippen LogP) is 3.01. The van der Waals surface area contributed by atoms with Crippen LogP contribution in [-0.4, -0.2) is 57.6 Å². The Morgan fingerprint density at radius 3 is 2.66 bits per heavy atom. The van der Waals surface area contributed by atoms with E-state index in [1.165, 1.54) is 5.56 Å². The van der Waals surface area contributed by atoms with Gasteiger partial charge in [0.05, 0.1) is 12.1 Å². The van der Waals surface area contributed by atoms with Crippen LogP contribution in [0.2, 0.25) is 0 Å².